The van der Waals surface area contributed by atoms with Crippen LogP contribution in [0.25, 0.3) is 0 Å². The summed E-state index contributed by atoms with van der Waals surface area (Å²) in [5.74, 6) is -0.0765. The third-order valence-electron chi connectivity index (χ3n) is 4.86. The standard InChI is InChI=1S/C18H20FN3O2/c19-16-4-2-7-21-17(16)23-11-15-5-8-24-18(15)12-22(13-18)10-14-3-1-6-20-9-14/h1-4,6-7,9,15H,5,8,10-13H2. The second-order valence-corrected chi connectivity index (χ2v) is 6.51. The lowest BCUT2D eigenvalue weighted by Crippen LogP contribution is -2.64. The molecule has 2 fully saturated rings. The maximum Gasteiger partial charge on any atom is 0.250 e. The second-order valence-electron chi connectivity index (χ2n) is 6.51. The molecule has 0 aromatic carbocycles. The minimum Gasteiger partial charge on any atom is -0.475 e. The van der Waals surface area contributed by atoms with Crippen molar-refractivity contribution in [3.05, 3.63) is 54.2 Å². The first-order valence-corrected chi connectivity index (χ1v) is 8.24. The number of aromatic nitrogens is 2. The van der Waals surface area contributed by atoms with Crippen molar-refractivity contribution >= 4 is 0 Å². The number of hydrogen-bond acceptors (Lipinski definition) is 5. The third kappa shape index (κ3) is 2.99. The Balaban J connectivity index is 1.34. The molecule has 0 bridgehead atoms. The Bertz CT molecular complexity index is 692. The Hall–Kier alpha value is -2.05. The number of likely N-dealkylation sites (tertiary alicyclic amines) is 1. The topological polar surface area (TPSA) is 47.5 Å². The van der Waals surface area contributed by atoms with Gasteiger partial charge in [-0.05, 0) is 30.2 Å². The Morgan fingerprint density at radius 3 is 2.96 bits per heavy atom. The molecule has 0 amide bonds. The number of rotatable bonds is 5. The first-order valence-electron chi connectivity index (χ1n) is 8.24. The lowest BCUT2D eigenvalue weighted by Gasteiger charge is -2.50. The summed E-state index contributed by atoms with van der Waals surface area (Å²) in [6.45, 7) is 3.80. The van der Waals surface area contributed by atoms with E-state index >= 15 is 0 Å². The van der Waals surface area contributed by atoms with Gasteiger partial charge in [0.25, 0.3) is 0 Å². The zero-order valence-corrected chi connectivity index (χ0v) is 13.4. The summed E-state index contributed by atoms with van der Waals surface area (Å²) in [6.07, 6.45) is 6.16. The van der Waals surface area contributed by atoms with Crippen molar-refractivity contribution in [3.63, 3.8) is 0 Å². The van der Waals surface area contributed by atoms with Crippen LogP contribution >= 0.6 is 0 Å². The van der Waals surface area contributed by atoms with E-state index in [9.17, 15) is 4.39 Å². The molecule has 6 heteroatoms. The van der Waals surface area contributed by atoms with E-state index in [1.165, 1.54) is 17.8 Å². The number of nitrogens with zero attached hydrogens (tertiary/aromatic N) is 3. The number of ether oxygens (including phenoxy) is 2. The average molecular weight is 329 g/mol. The lowest BCUT2D eigenvalue weighted by molar-refractivity contribution is -0.140. The van der Waals surface area contributed by atoms with Gasteiger partial charge in [0.1, 0.15) is 0 Å². The molecule has 0 radical (unpaired) electrons. The summed E-state index contributed by atoms with van der Waals surface area (Å²) in [4.78, 5) is 10.4. The predicted molar refractivity (Wildman–Crippen MR) is 86.0 cm³/mol. The molecule has 1 spiro atoms. The van der Waals surface area contributed by atoms with Crippen LogP contribution in [0.3, 0.4) is 0 Å². The molecule has 4 heterocycles. The van der Waals surface area contributed by atoms with Gasteiger partial charge in [-0.2, -0.15) is 0 Å². The van der Waals surface area contributed by atoms with Crippen molar-refractivity contribution < 1.29 is 13.9 Å². The van der Waals surface area contributed by atoms with E-state index in [0.29, 0.717) is 6.61 Å². The first kappa shape index (κ1) is 15.5. The zero-order chi connectivity index (χ0) is 16.4. The molecule has 0 N–H and O–H groups in total. The smallest absolute Gasteiger partial charge is 0.250 e. The summed E-state index contributed by atoms with van der Waals surface area (Å²) in [5, 5.41) is 0. The van der Waals surface area contributed by atoms with Crippen LogP contribution < -0.4 is 4.74 Å². The second kappa shape index (κ2) is 6.45. The Morgan fingerprint density at radius 2 is 2.17 bits per heavy atom. The summed E-state index contributed by atoms with van der Waals surface area (Å²) in [6, 6.07) is 6.96. The molecule has 0 saturated carbocycles. The monoisotopic (exact) mass is 329 g/mol. The van der Waals surface area contributed by atoms with E-state index in [1.807, 2.05) is 12.3 Å². The van der Waals surface area contributed by atoms with Crippen molar-refractivity contribution in [3.8, 4) is 5.88 Å². The van der Waals surface area contributed by atoms with Gasteiger partial charge in [0.2, 0.25) is 5.88 Å². The molecule has 2 aliphatic heterocycles. The van der Waals surface area contributed by atoms with E-state index < -0.39 is 5.82 Å². The van der Waals surface area contributed by atoms with E-state index in [0.717, 1.165) is 32.7 Å². The number of halogens is 1. The maximum absolute atomic E-state index is 13.6. The van der Waals surface area contributed by atoms with Crippen LogP contribution in [0, 0.1) is 11.7 Å². The summed E-state index contributed by atoms with van der Waals surface area (Å²) in [5.41, 5.74) is 1.04. The van der Waals surface area contributed by atoms with Crippen molar-refractivity contribution in [2.45, 2.75) is 18.6 Å². The minimum atomic E-state index is -0.419. The molecule has 5 nitrogen and oxygen atoms in total. The van der Waals surface area contributed by atoms with E-state index in [2.05, 4.69) is 20.9 Å². The molecule has 126 valence electrons. The van der Waals surface area contributed by atoms with Crippen molar-refractivity contribution in [1.82, 2.24) is 14.9 Å². The molecule has 1 unspecified atom stereocenters. The van der Waals surface area contributed by atoms with Gasteiger partial charge < -0.3 is 9.47 Å². The molecule has 24 heavy (non-hydrogen) atoms. The molecular formula is C18H20FN3O2. The quantitative estimate of drug-likeness (QED) is 0.842. The van der Waals surface area contributed by atoms with Gasteiger partial charge in [0.05, 0.1) is 12.2 Å². The molecule has 2 aliphatic rings. The molecule has 0 aliphatic carbocycles. The molecule has 1 atom stereocenters. The Labute approximate surface area is 140 Å². The molecule has 4 rings (SSSR count). The van der Waals surface area contributed by atoms with E-state index in [1.54, 1.807) is 12.3 Å². The Morgan fingerprint density at radius 1 is 1.29 bits per heavy atom. The molecule has 2 saturated heterocycles. The van der Waals surface area contributed by atoms with Gasteiger partial charge in [0, 0.05) is 50.7 Å². The zero-order valence-electron chi connectivity index (χ0n) is 13.4. The highest BCUT2D eigenvalue weighted by Gasteiger charge is 2.53. The predicted octanol–water partition coefficient (Wildman–Crippen LogP) is 2.29. The fourth-order valence-electron chi connectivity index (χ4n) is 3.60. The van der Waals surface area contributed by atoms with Crippen LogP contribution in [-0.4, -0.2) is 46.8 Å². The highest BCUT2D eigenvalue weighted by Crippen LogP contribution is 2.40. The summed E-state index contributed by atoms with van der Waals surface area (Å²) >= 11 is 0. The van der Waals surface area contributed by atoms with Crippen molar-refractivity contribution in [2.75, 3.05) is 26.3 Å². The van der Waals surface area contributed by atoms with E-state index in [4.69, 9.17) is 9.47 Å². The lowest BCUT2D eigenvalue weighted by atomic mass is 9.81. The van der Waals surface area contributed by atoms with Crippen LogP contribution in [0.2, 0.25) is 0 Å². The van der Waals surface area contributed by atoms with E-state index in [-0.39, 0.29) is 17.4 Å². The van der Waals surface area contributed by atoms with Gasteiger partial charge in [0.15, 0.2) is 5.82 Å². The molecular weight excluding hydrogens is 309 g/mol. The average Bonchev–Trinajstić information content (AvgIpc) is 2.99. The largest absolute Gasteiger partial charge is 0.475 e. The number of pyridine rings is 2. The van der Waals surface area contributed by atoms with Gasteiger partial charge in [-0.1, -0.05) is 6.07 Å². The van der Waals surface area contributed by atoms with Gasteiger partial charge in [-0.25, -0.2) is 9.37 Å². The van der Waals surface area contributed by atoms with Crippen LogP contribution in [0.4, 0.5) is 4.39 Å². The van der Waals surface area contributed by atoms with Crippen LogP contribution in [0.15, 0.2) is 42.9 Å². The van der Waals surface area contributed by atoms with Gasteiger partial charge in [-0.15, -0.1) is 0 Å². The number of hydrogen-bond donors (Lipinski definition) is 0. The highest BCUT2D eigenvalue weighted by atomic mass is 19.1. The molecule has 2 aromatic heterocycles. The fourth-order valence-corrected chi connectivity index (χ4v) is 3.60. The highest BCUT2D eigenvalue weighted by molar-refractivity contribution is 5.14. The first-order chi connectivity index (χ1) is 11.8. The van der Waals surface area contributed by atoms with Gasteiger partial charge >= 0.3 is 0 Å². The van der Waals surface area contributed by atoms with Gasteiger partial charge in [-0.3, -0.25) is 9.88 Å². The van der Waals surface area contributed by atoms with Crippen molar-refractivity contribution in [1.29, 1.82) is 0 Å². The fraction of sp³-hybridized carbons (Fsp3) is 0.444. The summed E-state index contributed by atoms with van der Waals surface area (Å²) in [7, 11) is 0. The van der Waals surface area contributed by atoms with Crippen LogP contribution in [0.1, 0.15) is 12.0 Å². The van der Waals surface area contributed by atoms with Crippen LogP contribution in [-0.2, 0) is 11.3 Å². The molecule has 2 aromatic rings. The minimum absolute atomic E-state index is 0.0751. The summed E-state index contributed by atoms with van der Waals surface area (Å²) < 4.78 is 25.3. The third-order valence-corrected chi connectivity index (χ3v) is 4.86. The SMILES string of the molecule is Fc1cccnc1OCC1CCOC12CN(Cc1cccnc1)C2. The normalized spacial score (nSPS) is 22.5. The Kier molecular flexibility index (Phi) is 4.16. The van der Waals surface area contributed by atoms with Crippen molar-refractivity contribution in [2.24, 2.45) is 5.92 Å². The van der Waals surface area contributed by atoms with Crippen LogP contribution in [0.5, 0.6) is 5.88 Å². The maximum atomic E-state index is 13.6.